The summed E-state index contributed by atoms with van der Waals surface area (Å²) < 4.78 is 11.1. The van der Waals surface area contributed by atoms with Gasteiger partial charge in [-0.25, -0.2) is 5.43 Å². The summed E-state index contributed by atoms with van der Waals surface area (Å²) >= 11 is 0. The predicted octanol–water partition coefficient (Wildman–Crippen LogP) is 5.44. The molecule has 0 atom stereocenters. The summed E-state index contributed by atoms with van der Waals surface area (Å²) in [4.78, 5) is 25.5. The van der Waals surface area contributed by atoms with Crippen LogP contribution in [0.25, 0.3) is 0 Å². The first-order chi connectivity index (χ1) is 16.4. The molecule has 0 bridgehead atoms. The van der Waals surface area contributed by atoms with Crippen LogP contribution in [0.15, 0.2) is 58.0 Å². The molecule has 1 aliphatic rings. The monoisotopic (exact) mass is 459 g/mol. The fourth-order valence-electron chi connectivity index (χ4n) is 4.06. The molecule has 7 nitrogen and oxygen atoms in total. The normalized spacial score (nSPS) is 14.1. The van der Waals surface area contributed by atoms with Crippen molar-refractivity contribution in [2.24, 2.45) is 5.10 Å². The van der Waals surface area contributed by atoms with Crippen LogP contribution in [-0.2, 0) is 6.42 Å². The number of anilines is 1. The number of hydrogen-bond donors (Lipinski definition) is 2. The summed E-state index contributed by atoms with van der Waals surface area (Å²) in [6.07, 6.45) is 2.24. The standard InChI is InChI=1S/C27H29N3O4/c1-16(2)18-8-12-20(13-9-18)28-27(32)25-17(3)24-22(6-5-7-23(24)34-25)29-30-26(31)19-10-14-21(33-4)15-11-19/h8-16H,5-7H2,1-4H3,(H,28,32)(H,30,31)/b29-22+. The Labute approximate surface area is 199 Å². The maximum absolute atomic E-state index is 13.0. The van der Waals surface area contributed by atoms with Gasteiger partial charge in [0.15, 0.2) is 5.76 Å². The lowest BCUT2D eigenvalue weighted by molar-refractivity contribution is 0.0953. The van der Waals surface area contributed by atoms with Crippen molar-refractivity contribution < 1.29 is 18.7 Å². The van der Waals surface area contributed by atoms with Crippen molar-refractivity contribution in [3.05, 3.63) is 82.3 Å². The van der Waals surface area contributed by atoms with Gasteiger partial charge in [0.25, 0.3) is 11.8 Å². The minimum atomic E-state index is -0.314. The number of hydrazone groups is 1. The molecule has 4 rings (SSSR count). The van der Waals surface area contributed by atoms with Crippen LogP contribution in [-0.4, -0.2) is 24.6 Å². The lowest BCUT2D eigenvalue weighted by atomic mass is 9.93. The zero-order valence-corrected chi connectivity index (χ0v) is 19.9. The van der Waals surface area contributed by atoms with E-state index in [0.717, 1.165) is 29.7 Å². The summed E-state index contributed by atoms with van der Waals surface area (Å²) in [7, 11) is 1.58. The van der Waals surface area contributed by atoms with E-state index in [0.29, 0.717) is 35.1 Å². The zero-order valence-electron chi connectivity index (χ0n) is 19.9. The SMILES string of the molecule is COc1ccc(C(=O)N/N=C2\CCCc3oc(C(=O)Nc4ccc(C(C)C)cc4)c(C)c32)cc1. The van der Waals surface area contributed by atoms with E-state index in [2.05, 4.69) is 29.7 Å². The number of fused-ring (bicyclic) bond motifs is 1. The second-order valence-electron chi connectivity index (χ2n) is 8.67. The molecular formula is C27H29N3O4. The fourth-order valence-corrected chi connectivity index (χ4v) is 4.06. The molecular weight excluding hydrogens is 430 g/mol. The first kappa shape index (κ1) is 23.3. The van der Waals surface area contributed by atoms with Crippen molar-refractivity contribution in [3.8, 4) is 5.75 Å². The Balaban J connectivity index is 1.51. The molecule has 0 saturated carbocycles. The van der Waals surface area contributed by atoms with Crippen LogP contribution in [0.2, 0.25) is 0 Å². The van der Waals surface area contributed by atoms with Crippen LogP contribution in [0.3, 0.4) is 0 Å². The number of nitrogens with zero attached hydrogens (tertiary/aromatic N) is 1. The van der Waals surface area contributed by atoms with Crippen molar-refractivity contribution in [2.75, 3.05) is 12.4 Å². The smallest absolute Gasteiger partial charge is 0.291 e. The molecule has 2 amide bonds. The number of benzene rings is 2. The van der Waals surface area contributed by atoms with Gasteiger partial charge in [-0.2, -0.15) is 5.10 Å². The molecule has 0 fully saturated rings. The van der Waals surface area contributed by atoms with Crippen molar-refractivity contribution in [1.82, 2.24) is 5.43 Å². The molecule has 1 aromatic heterocycles. The van der Waals surface area contributed by atoms with Gasteiger partial charge in [-0.3, -0.25) is 9.59 Å². The van der Waals surface area contributed by atoms with Crippen LogP contribution in [0.4, 0.5) is 5.69 Å². The summed E-state index contributed by atoms with van der Waals surface area (Å²) in [6, 6.07) is 14.6. The number of carbonyl (C=O) groups excluding carboxylic acids is 2. The van der Waals surface area contributed by atoms with Crippen molar-refractivity contribution in [1.29, 1.82) is 0 Å². The number of amides is 2. The maximum atomic E-state index is 13.0. The van der Waals surface area contributed by atoms with E-state index in [9.17, 15) is 9.59 Å². The molecule has 3 aromatic rings. The Morgan fingerprint density at radius 1 is 1.00 bits per heavy atom. The number of rotatable bonds is 6. The van der Waals surface area contributed by atoms with Gasteiger partial charge in [-0.1, -0.05) is 26.0 Å². The van der Waals surface area contributed by atoms with E-state index < -0.39 is 0 Å². The molecule has 1 heterocycles. The van der Waals surface area contributed by atoms with Crippen LogP contribution in [0.5, 0.6) is 5.75 Å². The van der Waals surface area contributed by atoms with Crippen LogP contribution in [0.1, 0.15) is 76.0 Å². The highest BCUT2D eigenvalue weighted by molar-refractivity contribution is 6.09. The van der Waals surface area contributed by atoms with Gasteiger partial charge >= 0.3 is 0 Å². The third-order valence-electron chi connectivity index (χ3n) is 6.01. The summed E-state index contributed by atoms with van der Waals surface area (Å²) in [5, 5.41) is 7.30. The van der Waals surface area contributed by atoms with E-state index in [-0.39, 0.29) is 17.6 Å². The summed E-state index contributed by atoms with van der Waals surface area (Å²) in [5.41, 5.74) is 7.28. The Bertz CT molecular complexity index is 1220. The second-order valence-corrected chi connectivity index (χ2v) is 8.67. The summed E-state index contributed by atoms with van der Waals surface area (Å²) in [5.74, 6) is 1.48. The highest BCUT2D eigenvalue weighted by atomic mass is 16.5. The Morgan fingerprint density at radius 3 is 2.35 bits per heavy atom. The lowest BCUT2D eigenvalue weighted by Crippen LogP contribution is -2.22. The number of carbonyl (C=O) groups is 2. The number of methoxy groups -OCH3 is 1. The molecule has 2 aromatic carbocycles. The molecule has 176 valence electrons. The molecule has 1 aliphatic carbocycles. The van der Waals surface area contributed by atoms with Gasteiger partial charge in [0, 0.05) is 28.8 Å². The second kappa shape index (κ2) is 9.95. The number of aryl methyl sites for hydroxylation is 1. The molecule has 7 heteroatoms. The van der Waals surface area contributed by atoms with E-state index in [4.69, 9.17) is 9.15 Å². The first-order valence-corrected chi connectivity index (χ1v) is 11.4. The highest BCUT2D eigenvalue weighted by Crippen LogP contribution is 2.30. The molecule has 0 spiro atoms. The average molecular weight is 460 g/mol. The van der Waals surface area contributed by atoms with Gasteiger partial charge in [0.2, 0.25) is 0 Å². The minimum Gasteiger partial charge on any atom is -0.497 e. The Morgan fingerprint density at radius 2 is 1.71 bits per heavy atom. The minimum absolute atomic E-state index is 0.272. The zero-order chi connectivity index (χ0) is 24.2. The molecule has 0 aliphatic heterocycles. The first-order valence-electron chi connectivity index (χ1n) is 11.4. The third kappa shape index (κ3) is 4.88. The van der Waals surface area contributed by atoms with E-state index >= 15 is 0 Å². The topological polar surface area (TPSA) is 92.9 Å². The van der Waals surface area contributed by atoms with Gasteiger partial charge in [-0.05, 0) is 67.6 Å². The molecule has 0 radical (unpaired) electrons. The van der Waals surface area contributed by atoms with Crippen LogP contribution >= 0.6 is 0 Å². The van der Waals surface area contributed by atoms with E-state index in [1.165, 1.54) is 5.56 Å². The largest absolute Gasteiger partial charge is 0.497 e. The third-order valence-corrected chi connectivity index (χ3v) is 6.01. The van der Waals surface area contributed by atoms with Gasteiger partial charge < -0.3 is 14.5 Å². The number of ether oxygens (including phenoxy) is 1. The number of furan rings is 1. The average Bonchev–Trinajstić information content (AvgIpc) is 3.20. The highest BCUT2D eigenvalue weighted by Gasteiger charge is 2.28. The Kier molecular flexibility index (Phi) is 6.82. The van der Waals surface area contributed by atoms with Crippen molar-refractivity contribution in [3.63, 3.8) is 0 Å². The van der Waals surface area contributed by atoms with Gasteiger partial charge in [0.1, 0.15) is 11.5 Å². The lowest BCUT2D eigenvalue weighted by Gasteiger charge is -2.13. The van der Waals surface area contributed by atoms with Crippen LogP contribution < -0.4 is 15.5 Å². The fraction of sp³-hybridized carbons (Fsp3) is 0.296. The van der Waals surface area contributed by atoms with E-state index in [1.54, 1.807) is 31.4 Å². The van der Waals surface area contributed by atoms with Crippen molar-refractivity contribution >= 4 is 23.2 Å². The summed E-state index contributed by atoms with van der Waals surface area (Å²) in [6.45, 7) is 6.11. The number of nitrogens with one attached hydrogen (secondary N) is 2. The quantitative estimate of drug-likeness (QED) is 0.480. The predicted molar refractivity (Wildman–Crippen MR) is 132 cm³/mol. The molecule has 0 unspecified atom stereocenters. The van der Waals surface area contributed by atoms with Crippen LogP contribution in [0, 0.1) is 6.92 Å². The van der Waals surface area contributed by atoms with E-state index in [1.807, 2.05) is 31.2 Å². The molecule has 34 heavy (non-hydrogen) atoms. The molecule has 0 saturated heterocycles. The van der Waals surface area contributed by atoms with Gasteiger partial charge in [0.05, 0.1) is 12.8 Å². The maximum Gasteiger partial charge on any atom is 0.291 e. The van der Waals surface area contributed by atoms with Gasteiger partial charge in [-0.15, -0.1) is 0 Å². The van der Waals surface area contributed by atoms with Crippen molar-refractivity contribution in [2.45, 2.75) is 46.0 Å². The Hall–Kier alpha value is -3.87. The molecule has 2 N–H and O–H groups in total. The number of hydrogen-bond acceptors (Lipinski definition) is 5.